The molecule has 2 aliphatic heterocycles. The molecule has 0 spiro atoms. The fraction of sp³-hybridized carbons (Fsp3) is 0.875. The molecule has 3 fully saturated rings. The molecule has 2 bridgehead atoms. The number of aliphatic carboxylic acids is 1. The van der Waals surface area contributed by atoms with Gasteiger partial charge in [-0.25, -0.2) is 0 Å². The van der Waals surface area contributed by atoms with E-state index >= 15 is 0 Å². The van der Waals surface area contributed by atoms with Crippen molar-refractivity contribution in [1.82, 2.24) is 4.90 Å². The number of carbonyl (C=O) groups excluding carboxylic acids is 1. The van der Waals surface area contributed by atoms with Crippen LogP contribution >= 0.6 is 0 Å². The zero-order valence-electron chi connectivity index (χ0n) is 12.8. The molecule has 0 radical (unpaired) electrons. The zero-order chi connectivity index (χ0) is 15.2. The quantitative estimate of drug-likeness (QED) is 0.830. The van der Waals surface area contributed by atoms with Gasteiger partial charge in [0, 0.05) is 24.5 Å². The molecule has 4 atom stereocenters. The van der Waals surface area contributed by atoms with E-state index in [2.05, 4.69) is 4.90 Å². The number of hydrogen-bond donors (Lipinski definition) is 2. The third-order valence-corrected chi connectivity index (χ3v) is 6.05. The number of nitrogens with zero attached hydrogens (tertiary/aromatic N) is 1. The second kappa shape index (κ2) is 5.27. The van der Waals surface area contributed by atoms with Crippen LogP contribution in [0.25, 0.3) is 0 Å². The summed E-state index contributed by atoms with van der Waals surface area (Å²) in [5.74, 6) is -0.258. The van der Waals surface area contributed by atoms with Gasteiger partial charge in [0.05, 0.1) is 5.41 Å². The number of rotatable bonds is 3. The summed E-state index contributed by atoms with van der Waals surface area (Å²) in [5, 5.41) is 8.99. The van der Waals surface area contributed by atoms with Crippen molar-refractivity contribution in [1.29, 1.82) is 0 Å². The fourth-order valence-corrected chi connectivity index (χ4v) is 4.79. The lowest BCUT2D eigenvalue weighted by molar-refractivity contribution is -0.147. The molecule has 3 rings (SSSR count). The molecular formula is C16H26N2O3. The molecule has 0 aromatic rings. The minimum atomic E-state index is -0.719. The first-order valence-electron chi connectivity index (χ1n) is 8.22. The first-order chi connectivity index (χ1) is 9.91. The molecule has 5 nitrogen and oxygen atoms in total. The van der Waals surface area contributed by atoms with Crippen molar-refractivity contribution in [2.24, 2.45) is 17.1 Å². The largest absolute Gasteiger partial charge is 0.481 e. The Kier molecular flexibility index (Phi) is 3.72. The fourth-order valence-electron chi connectivity index (χ4n) is 4.79. The number of hydrogen-bond acceptors (Lipinski definition) is 3. The Bertz CT molecular complexity index is 439. The highest BCUT2D eigenvalue weighted by molar-refractivity contribution is 5.84. The van der Waals surface area contributed by atoms with Gasteiger partial charge in [0.15, 0.2) is 0 Å². The molecule has 0 aromatic heterocycles. The van der Waals surface area contributed by atoms with Crippen LogP contribution in [0.1, 0.15) is 58.3 Å². The van der Waals surface area contributed by atoms with Gasteiger partial charge in [-0.1, -0.05) is 6.42 Å². The highest BCUT2D eigenvalue weighted by Crippen LogP contribution is 2.45. The van der Waals surface area contributed by atoms with E-state index < -0.39 is 11.4 Å². The van der Waals surface area contributed by atoms with Crippen LogP contribution in [0.15, 0.2) is 0 Å². The summed E-state index contributed by atoms with van der Waals surface area (Å²) in [5.41, 5.74) is 5.80. The molecular weight excluding hydrogens is 268 g/mol. The zero-order valence-corrected chi connectivity index (χ0v) is 12.8. The molecule has 1 saturated carbocycles. The van der Waals surface area contributed by atoms with Gasteiger partial charge in [0.1, 0.15) is 0 Å². The number of carbonyl (C=O) groups is 2. The van der Waals surface area contributed by atoms with Crippen molar-refractivity contribution in [3.8, 4) is 0 Å². The summed E-state index contributed by atoms with van der Waals surface area (Å²) in [6.45, 7) is 2.02. The smallest absolute Gasteiger partial charge is 0.303 e. The second-order valence-electron chi connectivity index (χ2n) is 7.45. The minimum Gasteiger partial charge on any atom is -0.481 e. The van der Waals surface area contributed by atoms with Gasteiger partial charge < -0.3 is 15.7 Å². The first kappa shape index (κ1) is 14.8. The lowest BCUT2D eigenvalue weighted by atomic mass is 9.80. The van der Waals surface area contributed by atoms with Crippen molar-refractivity contribution in [3.05, 3.63) is 0 Å². The topological polar surface area (TPSA) is 83.6 Å². The molecule has 5 heteroatoms. The van der Waals surface area contributed by atoms with Crippen LogP contribution < -0.4 is 5.73 Å². The summed E-state index contributed by atoms with van der Waals surface area (Å²) in [6.07, 6.45) is 6.85. The standard InChI is InChI=1S/C16H26N2O3/c1-16(6-2-3-13(16)17)15(21)18-11-4-5-12(18)8-10(7-11)9-14(19)20/h10-13H,2-9,17H2,1H3,(H,19,20). The van der Waals surface area contributed by atoms with Crippen LogP contribution in [-0.2, 0) is 9.59 Å². The van der Waals surface area contributed by atoms with Crippen molar-refractivity contribution >= 4 is 11.9 Å². The second-order valence-corrected chi connectivity index (χ2v) is 7.45. The van der Waals surface area contributed by atoms with E-state index in [1.807, 2.05) is 6.92 Å². The van der Waals surface area contributed by atoms with E-state index in [0.29, 0.717) is 0 Å². The summed E-state index contributed by atoms with van der Waals surface area (Å²) in [7, 11) is 0. The Morgan fingerprint density at radius 2 is 1.86 bits per heavy atom. The van der Waals surface area contributed by atoms with E-state index in [4.69, 9.17) is 10.8 Å². The third-order valence-electron chi connectivity index (χ3n) is 6.05. The van der Waals surface area contributed by atoms with Crippen LogP contribution in [-0.4, -0.2) is 40.0 Å². The lowest BCUT2D eigenvalue weighted by Crippen LogP contribution is -2.55. The predicted octanol–water partition coefficient (Wildman–Crippen LogP) is 1.75. The highest BCUT2D eigenvalue weighted by atomic mass is 16.4. The Labute approximate surface area is 125 Å². The van der Waals surface area contributed by atoms with Crippen LogP contribution in [0.3, 0.4) is 0 Å². The van der Waals surface area contributed by atoms with Crippen molar-refractivity contribution in [2.75, 3.05) is 0 Å². The molecule has 118 valence electrons. The third kappa shape index (κ3) is 2.45. The van der Waals surface area contributed by atoms with Gasteiger partial charge in [0.2, 0.25) is 5.91 Å². The number of carboxylic acid groups (broad SMARTS) is 1. The highest BCUT2D eigenvalue weighted by Gasteiger charge is 2.51. The monoisotopic (exact) mass is 294 g/mol. The molecule has 21 heavy (non-hydrogen) atoms. The number of fused-ring (bicyclic) bond motifs is 2. The van der Waals surface area contributed by atoms with Gasteiger partial charge >= 0.3 is 5.97 Å². The van der Waals surface area contributed by atoms with E-state index in [1.54, 1.807) is 0 Å². The molecule has 2 heterocycles. The van der Waals surface area contributed by atoms with Gasteiger partial charge in [-0.2, -0.15) is 0 Å². The summed E-state index contributed by atoms with van der Waals surface area (Å²) < 4.78 is 0. The van der Waals surface area contributed by atoms with Crippen LogP contribution in [0.2, 0.25) is 0 Å². The SMILES string of the molecule is CC1(C(=O)N2C3CCC2CC(CC(=O)O)C3)CCCC1N. The molecule has 3 aliphatic rings. The maximum atomic E-state index is 13.1. The van der Waals surface area contributed by atoms with Gasteiger partial charge in [-0.3, -0.25) is 9.59 Å². The maximum Gasteiger partial charge on any atom is 0.303 e. The number of nitrogens with two attached hydrogens (primary N) is 1. The van der Waals surface area contributed by atoms with Gasteiger partial charge in [-0.15, -0.1) is 0 Å². The van der Waals surface area contributed by atoms with Crippen LogP contribution in [0.5, 0.6) is 0 Å². The Balaban J connectivity index is 1.73. The van der Waals surface area contributed by atoms with Crippen LogP contribution in [0, 0.1) is 11.3 Å². The Morgan fingerprint density at radius 1 is 1.24 bits per heavy atom. The molecule has 2 saturated heterocycles. The number of carboxylic acids is 1. The van der Waals surface area contributed by atoms with Gasteiger partial charge in [0.25, 0.3) is 0 Å². The summed E-state index contributed by atoms with van der Waals surface area (Å²) >= 11 is 0. The molecule has 0 aromatic carbocycles. The predicted molar refractivity (Wildman–Crippen MR) is 78.6 cm³/mol. The van der Waals surface area contributed by atoms with Crippen molar-refractivity contribution in [2.45, 2.75) is 76.4 Å². The Morgan fingerprint density at radius 3 is 2.33 bits per heavy atom. The van der Waals surface area contributed by atoms with E-state index in [0.717, 1.165) is 44.9 Å². The van der Waals surface area contributed by atoms with Crippen molar-refractivity contribution in [3.63, 3.8) is 0 Å². The average Bonchev–Trinajstić information content (AvgIpc) is 2.88. The van der Waals surface area contributed by atoms with E-state index in [1.165, 1.54) is 0 Å². The maximum absolute atomic E-state index is 13.1. The summed E-state index contributed by atoms with van der Waals surface area (Å²) in [4.78, 5) is 26.1. The van der Waals surface area contributed by atoms with Gasteiger partial charge in [-0.05, 0) is 51.4 Å². The van der Waals surface area contributed by atoms with E-state index in [9.17, 15) is 9.59 Å². The molecule has 4 unspecified atom stereocenters. The normalized spacial score (nSPS) is 42.3. The van der Waals surface area contributed by atoms with Crippen LogP contribution in [0.4, 0.5) is 0 Å². The summed E-state index contributed by atoms with van der Waals surface area (Å²) in [6, 6.07) is 0.455. The molecule has 3 N–H and O–H groups in total. The Hall–Kier alpha value is -1.10. The van der Waals surface area contributed by atoms with E-state index in [-0.39, 0.29) is 36.4 Å². The number of amides is 1. The minimum absolute atomic E-state index is 0.0267. The first-order valence-corrected chi connectivity index (χ1v) is 8.22. The average molecular weight is 294 g/mol. The van der Waals surface area contributed by atoms with Crippen molar-refractivity contribution < 1.29 is 14.7 Å². The molecule has 1 amide bonds. The number of piperidine rings is 1. The lowest BCUT2D eigenvalue weighted by Gasteiger charge is -2.43. The molecule has 1 aliphatic carbocycles.